The molecule has 0 spiro atoms. The second kappa shape index (κ2) is 10.5. The average Bonchev–Trinajstić information content (AvgIpc) is 2.84. The van der Waals surface area contributed by atoms with Gasteiger partial charge in [0.15, 0.2) is 0 Å². The highest BCUT2D eigenvalue weighted by atomic mass is 35.5. The quantitative estimate of drug-likeness (QED) is 0.743. The highest BCUT2D eigenvalue weighted by Crippen LogP contribution is 2.15. The van der Waals surface area contributed by atoms with Crippen LogP contribution < -0.4 is 5.32 Å². The molecule has 19 heavy (non-hydrogen) atoms. The number of hydrogen-bond acceptors (Lipinski definition) is 3. The molecule has 1 aliphatic rings. The summed E-state index contributed by atoms with van der Waals surface area (Å²) in [6, 6.07) is 0. The molecule has 1 aliphatic heterocycles. The largest absolute Gasteiger partial charge is 0.383 e. The van der Waals surface area contributed by atoms with Crippen molar-refractivity contribution >= 4 is 18.3 Å². The molecule has 0 aliphatic carbocycles. The first-order valence-corrected chi connectivity index (χ1v) is 7.11. The van der Waals surface area contributed by atoms with Gasteiger partial charge in [-0.3, -0.25) is 4.79 Å². The Morgan fingerprint density at radius 1 is 1.47 bits per heavy atom. The van der Waals surface area contributed by atoms with Gasteiger partial charge in [-0.05, 0) is 37.8 Å². The molecule has 0 aromatic heterocycles. The fourth-order valence-electron chi connectivity index (χ4n) is 2.41. The Morgan fingerprint density at radius 3 is 2.74 bits per heavy atom. The van der Waals surface area contributed by atoms with Crippen LogP contribution in [0.3, 0.4) is 0 Å². The Morgan fingerprint density at radius 2 is 2.21 bits per heavy atom. The summed E-state index contributed by atoms with van der Waals surface area (Å²) in [7, 11) is 1.68. The molecule has 1 atom stereocenters. The third kappa shape index (κ3) is 7.75. The first-order chi connectivity index (χ1) is 8.63. The lowest BCUT2D eigenvalue weighted by molar-refractivity contribution is -0.132. The van der Waals surface area contributed by atoms with Crippen LogP contribution >= 0.6 is 12.4 Å². The Kier molecular flexibility index (Phi) is 10.3. The molecular weight excluding hydrogens is 264 g/mol. The predicted octanol–water partition coefficient (Wildman–Crippen LogP) is 1.93. The molecule has 0 aromatic carbocycles. The van der Waals surface area contributed by atoms with E-state index >= 15 is 0 Å². The molecule has 1 amide bonds. The lowest BCUT2D eigenvalue weighted by Gasteiger charge is -2.24. The van der Waals surface area contributed by atoms with E-state index in [1.54, 1.807) is 7.11 Å². The smallest absolute Gasteiger partial charge is 0.222 e. The highest BCUT2D eigenvalue weighted by molar-refractivity contribution is 5.85. The van der Waals surface area contributed by atoms with E-state index in [2.05, 4.69) is 19.2 Å². The van der Waals surface area contributed by atoms with Gasteiger partial charge in [0.05, 0.1) is 6.61 Å². The van der Waals surface area contributed by atoms with Crippen molar-refractivity contribution in [2.24, 2.45) is 11.8 Å². The van der Waals surface area contributed by atoms with Crippen molar-refractivity contribution in [3.63, 3.8) is 0 Å². The van der Waals surface area contributed by atoms with Crippen LogP contribution in [0.25, 0.3) is 0 Å². The summed E-state index contributed by atoms with van der Waals surface area (Å²) in [5.41, 5.74) is 0. The molecule has 114 valence electrons. The molecule has 0 aromatic rings. The minimum absolute atomic E-state index is 0. The minimum atomic E-state index is 0. The number of hydrogen-bond donors (Lipinski definition) is 1. The van der Waals surface area contributed by atoms with E-state index in [1.807, 2.05) is 4.90 Å². The molecule has 1 fully saturated rings. The topological polar surface area (TPSA) is 41.6 Å². The van der Waals surface area contributed by atoms with Gasteiger partial charge in [-0.2, -0.15) is 0 Å². The Balaban J connectivity index is 0.00000324. The molecule has 1 unspecified atom stereocenters. The number of halogens is 1. The number of rotatable bonds is 8. The van der Waals surface area contributed by atoms with Crippen molar-refractivity contribution in [2.45, 2.75) is 33.1 Å². The van der Waals surface area contributed by atoms with Gasteiger partial charge < -0.3 is 15.0 Å². The van der Waals surface area contributed by atoms with E-state index in [9.17, 15) is 4.79 Å². The van der Waals surface area contributed by atoms with E-state index < -0.39 is 0 Å². The van der Waals surface area contributed by atoms with Crippen LogP contribution in [0.5, 0.6) is 0 Å². The number of methoxy groups -OCH3 is 1. The molecule has 1 rings (SSSR count). The average molecular weight is 293 g/mol. The van der Waals surface area contributed by atoms with E-state index in [0.717, 1.165) is 32.6 Å². The van der Waals surface area contributed by atoms with E-state index in [1.165, 1.54) is 6.42 Å². The van der Waals surface area contributed by atoms with Crippen LogP contribution in [0.15, 0.2) is 0 Å². The van der Waals surface area contributed by atoms with Crippen LogP contribution in [0.2, 0.25) is 0 Å². The first-order valence-electron chi connectivity index (χ1n) is 7.11. The SMILES string of the molecule is COCCN(CC(C)C)C(=O)CCC1CCNC1.Cl. The monoisotopic (exact) mass is 292 g/mol. The van der Waals surface area contributed by atoms with Crippen LogP contribution in [-0.4, -0.2) is 50.7 Å². The maximum absolute atomic E-state index is 12.2. The van der Waals surface area contributed by atoms with Gasteiger partial charge >= 0.3 is 0 Å². The Hall–Kier alpha value is -0.320. The Labute approximate surface area is 123 Å². The molecule has 0 saturated carbocycles. The summed E-state index contributed by atoms with van der Waals surface area (Å²) in [5.74, 6) is 1.49. The second-order valence-corrected chi connectivity index (χ2v) is 5.62. The number of nitrogens with zero attached hydrogens (tertiary/aromatic N) is 1. The number of amides is 1. The van der Waals surface area contributed by atoms with Crippen molar-refractivity contribution in [1.82, 2.24) is 10.2 Å². The van der Waals surface area contributed by atoms with Crippen LogP contribution in [-0.2, 0) is 9.53 Å². The summed E-state index contributed by atoms with van der Waals surface area (Å²) in [4.78, 5) is 14.1. The van der Waals surface area contributed by atoms with Gasteiger partial charge in [-0.1, -0.05) is 13.8 Å². The Bertz CT molecular complexity index is 244. The summed E-state index contributed by atoms with van der Waals surface area (Å²) in [5, 5.41) is 3.35. The fourth-order valence-corrected chi connectivity index (χ4v) is 2.41. The van der Waals surface area contributed by atoms with Crippen molar-refractivity contribution < 1.29 is 9.53 Å². The van der Waals surface area contributed by atoms with Gasteiger partial charge in [0.25, 0.3) is 0 Å². The third-order valence-corrected chi connectivity index (χ3v) is 3.43. The molecule has 1 N–H and O–H groups in total. The number of nitrogens with one attached hydrogen (secondary N) is 1. The molecule has 4 nitrogen and oxygen atoms in total. The van der Waals surface area contributed by atoms with E-state index in [4.69, 9.17) is 4.74 Å². The predicted molar refractivity (Wildman–Crippen MR) is 80.8 cm³/mol. The number of carbonyl (C=O) groups is 1. The lowest BCUT2D eigenvalue weighted by Crippen LogP contribution is -2.36. The van der Waals surface area contributed by atoms with Crippen molar-refractivity contribution in [1.29, 1.82) is 0 Å². The van der Waals surface area contributed by atoms with Gasteiger partial charge in [-0.25, -0.2) is 0 Å². The van der Waals surface area contributed by atoms with Gasteiger partial charge in [0.2, 0.25) is 5.91 Å². The summed E-state index contributed by atoms with van der Waals surface area (Å²) >= 11 is 0. The number of ether oxygens (including phenoxy) is 1. The van der Waals surface area contributed by atoms with Crippen molar-refractivity contribution in [2.75, 3.05) is 39.9 Å². The summed E-state index contributed by atoms with van der Waals surface area (Å²) in [6.07, 6.45) is 2.92. The zero-order valence-electron chi connectivity index (χ0n) is 12.5. The zero-order valence-corrected chi connectivity index (χ0v) is 13.3. The summed E-state index contributed by atoms with van der Waals surface area (Å²) < 4.78 is 5.08. The zero-order chi connectivity index (χ0) is 13.4. The normalized spacial score (nSPS) is 18.4. The molecular formula is C14H29ClN2O2. The maximum Gasteiger partial charge on any atom is 0.222 e. The molecule has 0 radical (unpaired) electrons. The molecule has 1 heterocycles. The van der Waals surface area contributed by atoms with Crippen LogP contribution in [0.4, 0.5) is 0 Å². The van der Waals surface area contributed by atoms with Gasteiger partial charge in [0.1, 0.15) is 0 Å². The third-order valence-electron chi connectivity index (χ3n) is 3.43. The van der Waals surface area contributed by atoms with E-state index in [-0.39, 0.29) is 18.3 Å². The minimum Gasteiger partial charge on any atom is -0.383 e. The number of carbonyl (C=O) groups excluding carboxylic acids is 1. The first kappa shape index (κ1) is 18.7. The highest BCUT2D eigenvalue weighted by Gasteiger charge is 2.19. The van der Waals surface area contributed by atoms with Crippen LogP contribution in [0, 0.1) is 11.8 Å². The molecule has 0 bridgehead atoms. The van der Waals surface area contributed by atoms with Gasteiger partial charge in [0, 0.05) is 26.6 Å². The van der Waals surface area contributed by atoms with Crippen LogP contribution in [0.1, 0.15) is 33.1 Å². The second-order valence-electron chi connectivity index (χ2n) is 5.62. The van der Waals surface area contributed by atoms with E-state index in [0.29, 0.717) is 24.9 Å². The lowest BCUT2D eigenvalue weighted by atomic mass is 10.0. The molecule has 1 saturated heterocycles. The van der Waals surface area contributed by atoms with Crippen molar-refractivity contribution in [3.05, 3.63) is 0 Å². The maximum atomic E-state index is 12.2. The van der Waals surface area contributed by atoms with Gasteiger partial charge in [-0.15, -0.1) is 12.4 Å². The fraction of sp³-hybridized carbons (Fsp3) is 0.929. The standard InChI is InChI=1S/C14H28N2O2.ClH/c1-12(2)11-16(8-9-18-3)14(17)5-4-13-6-7-15-10-13;/h12-13,15H,4-11H2,1-3H3;1H. The van der Waals surface area contributed by atoms with Crippen molar-refractivity contribution in [3.8, 4) is 0 Å². The molecule has 5 heteroatoms. The summed E-state index contributed by atoms with van der Waals surface area (Å²) in [6.45, 7) is 8.67.